The molecule has 0 saturated heterocycles. The van der Waals surface area contributed by atoms with E-state index in [1.807, 2.05) is 57.2 Å². The van der Waals surface area contributed by atoms with Crippen LogP contribution in [0.5, 0.6) is 5.75 Å². The molecule has 2 aromatic rings. The Balaban J connectivity index is 1.47. The van der Waals surface area contributed by atoms with E-state index in [0.717, 1.165) is 34.3 Å². The number of pyridine rings is 1. The van der Waals surface area contributed by atoms with Crippen LogP contribution in [0.25, 0.3) is 0 Å². The van der Waals surface area contributed by atoms with Gasteiger partial charge in [-0.2, -0.15) is 5.06 Å². The number of nitrogens with one attached hydrogen (secondary N) is 2. The maximum absolute atomic E-state index is 12.8. The van der Waals surface area contributed by atoms with E-state index in [2.05, 4.69) is 20.5 Å². The summed E-state index contributed by atoms with van der Waals surface area (Å²) >= 11 is 1.38. The minimum Gasteiger partial charge on any atom is -0.490 e. The van der Waals surface area contributed by atoms with Crippen LogP contribution in [0.1, 0.15) is 26.0 Å². The zero-order valence-electron chi connectivity index (χ0n) is 18.6. The van der Waals surface area contributed by atoms with E-state index in [1.165, 1.54) is 11.8 Å². The van der Waals surface area contributed by atoms with Crippen LogP contribution in [0, 0.1) is 6.92 Å². The molecule has 0 aliphatic carbocycles. The van der Waals surface area contributed by atoms with E-state index in [0.29, 0.717) is 30.9 Å². The number of hydrogen-bond acceptors (Lipinski definition) is 9. The number of carbonyl (C=O) groups excluding carboxylic acids is 2. The summed E-state index contributed by atoms with van der Waals surface area (Å²) in [6.45, 7) is 7.30. The minimum absolute atomic E-state index is 0.150. The van der Waals surface area contributed by atoms with Crippen molar-refractivity contribution in [2.24, 2.45) is 0 Å². The lowest BCUT2D eigenvalue weighted by atomic mass is 9.94. The van der Waals surface area contributed by atoms with Crippen LogP contribution >= 0.6 is 11.8 Å². The van der Waals surface area contributed by atoms with E-state index in [4.69, 9.17) is 9.57 Å². The summed E-state index contributed by atoms with van der Waals surface area (Å²) in [6, 6.07) is 11.6. The number of benzene rings is 1. The molecule has 2 N–H and O–H groups in total. The lowest BCUT2D eigenvalue weighted by Gasteiger charge is -2.39. The third-order valence-corrected chi connectivity index (χ3v) is 6.98. The van der Waals surface area contributed by atoms with Crippen molar-refractivity contribution in [3.63, 3.8) is 0 Å². The van der Waals surface area contributed by atoms with Crippen molar-refractivity contribution in [3.05, 3.63) is 52.7 Å². The molecule has 33 heavy (non-hydrogen) atoms. The maximum Gasteiger partial charge on any atom is 0.320 e. The smallest absolute Gasteiger partial charge is 0.320 e. The van der Waals surface area contributed by atoms with Crippen LogP contribution in [-0.2, 0) is 14.4 Å². The zero-order chi connectivity index (χ0) is 23.2. The molecule has 3 aliphatic rings. The molecule has 0 fully saturated rings. The van der Waals surface area contributed by atoms with Crippen LogP contribution in [0.4, 0.5) is 17.2 Å². The van der Waals surface area contributed by atoms with Gasteiger partial charge in [0, 0.05) is 23.3 Å². The van der Waals surface area contributed by atoms with Crippen LogP contribution in [0.15, 0.2) is 47.0 Å². The number of fused-ring (bicyclic) bond motifs is 1. The van der Waals surface area contributed by atoms with Crippen molar-refractivity contribution in [2.75, 3.05) is 23.4 Å². The number of aryl methyl sites for hydroxylation is 1. The number of hydrogen-bond donors (Lipinski definition) is 2. The molecule has 9 nitrogen and oxygen atoms in total. The van der Waals surface area contributed by atoms with Crippen molar-refractivity contribution < 1.29 is 19.2 Å². The second-order valence-corrected chi connectivity index (χ2v) is 9.84. The summed E-state index contributed by atoms with van der Waals surface area (Å²) in [4.78, 5) is 36.8. The molecule has 0 radical (unpaired) electrons. The van der Waals surface area contributed by atoms with Gasteiger partial charge in [0.1, 0.15) is 18.2 Å². The summed E-state index contributed by atoms with van der Waals surface area (Å²) in [5.74, 6) is 1.32. The quantitative estimate of drug-likeness (QED) is 0.642. The van der Waals surface area contributed by atoms with Gasteiger partial charge in [0.05, 0.1) is 22.8 Å². The fraction of sp³-hybridized carbons (Fsp3) is 0.348. The Kier molecular flexibility index (Phi) is 5.32. The molecular formula is C23H25N5O4S. The van der Waals surface area contributed by atoms with Crippen molar-refractivity contribution in [2.45, 2.75) is 38.2 Å². The lowest BCUT2D eigenvalue weighted by Crippen LogP contribution is -2.50. The van der Waals surface area contributed by atoms with Gasteiger partial charge in [-0.3, -0.25) is 9.59 Å². The summed E-state index contributed by atoms with van der Waals surface area (Å²) < 4.78 is 5.89. The summed E-state index contributed by atoms with van der Waals surface area (Å²) in [5, 5.41) is 7.92. The topological polar surface area (TPSA) is 96.0 Å². The predicted octanol–water partition coefficient (Wildman–Crippen LogP) is 3.26. The molecule has 1 aromatic heterocycles. The Hall–Kier alpha value is -3.40. The third kappa shape index (κ3) is 4.06. The number of rotatable bonds is 5. The fourth-order valence-corrected chi connectivity index (χ4v) is 5.57. The first kappa shape index (κ1) is 21.4. The molecule has 0 bridgehead atoms. The lowest BCUT2D eigenvalue weighted by molar-refractivity contribution is -0.168. The zero-order valence-corrected chi connectivity index (χ0v) is 19.4. The Morgan fingerprint density at radius 1 is 1.33 bits per heavy atom. The van der Waals surface area contributed by atoms with Crippen LogP contribution in [0.3, 0.4) is 0 Å². The molecule has 1 atom stereocenters. The van der Waals surface area contributed by atoms with Gasteiger partial charge in [-0.25, -0.2) is 4.98 Å². The highest BCUT2D eigenvalue weighted by Gasteiger charge is 2.47. The average Bonchev–Trinajstić information content (AvgIpc) is 3.11. The van der Waals surface area contributed by atoms with Crippen molar-refractivity contribution in [1.29, 1.82) is 0 Å². The number of thioether (sulfide) groups is 1. The van der Waals surface area contributed by atoms with Crippen LogP contribution in [-0.4, -0.2) is 46.6 Å². The Labute approximate surface area is 196 Å². The molecule has 1 aromatic carbocycles. The Bertz CT molecular complexity index is 1150. The number of carbonyl (C=O) groups is 2. The summed E-state index contributed by atoms with van der Waals surface area (Å²) in [7, 11) is 0. The predicted molar refractivity (Wildman–Crippen MR) is 126 cm³/mol. The molecule has 172 valence electrons. The Morgan fingerprint density at radius 2 is 2.18 bits per heavy atom. The van der Waals surface area contributed by atoms with Crippen LogP contribution < -0.4 is 20.3 Å². The molecule has 5 rings (SSSR count). The first-order valence-electron chi connectivity index (χ1n) is 10.7. The van der Waals surface area contributed by atoms with E-state index < -0.39 is 11.0 Å². The number of ether oxygens (including phenoxy) is 1. The molecule has 3 aliphatic heterocycles. The van der Waals surface area contributed by atoms with Gasteiger partial charge in [-0.05, 0) is 51.1 Å². The van der Waals surface area contributed by atoms with E-state index in [-0.39, 0.29) is 5.91 Å². The number of anilines is 3. The highest BCUT2D eigenvalue weighted by molar-refractivity contribution is 8.04. The van der Waals surface area contributed by atoms with Gasteiger partial charge < -0.3 is 25.1 Å². The SMILES string of the molecule is Cc1cccc(Nc2ccc3c(c2)N(C2SC4=C(CC(C)(C)NC4=O)N2OC=O)CCO3)n1. The van der Waals surface area contributed by atoms with Crippen LogP contribution in [0.2, 0.25) is 0 Å². The third-order valence-electron chi connectivity index (χ3n) is 5.66. The molecular weight excluding hydrogens is 442 g/mol. The second kappa shape index (κ2) is 8.18. The van der Waals surface area contributed by atoms with Gasteiger partial charge in [-0.15, -0.1) is 0 Å². The first-order chi connectivity index (χ1) is 15.8. The monoisotopic (exact) mass is 467 g/mol. The van der Waals surface area contributed by atoms with Gasteiger partial charge >= 0.3 is 6.47 Å². The van der Waals surface area contributed by atoms with E-state index in [9.17, 15) is 9.59 Å². The van der Waals surface area contributed by atoms with E-state index in [1.54, 1.807) is 5.06 Å². The van der Waals surface area contributed by atoms with Gasteiger partial charge in [0.15, 0.2) is 5.50 Å². The van der Waals surface area contributed by atoms with Crippen molar-refractivity contribution >= 4 is 41.3 Å². The second-order valence-electron chi connectivity index (χ2n) is 8.78. The molecule has 1 unspecified atom stereocenters. The highest BCUT2D eigenvalue weighted by Crippen LogP contribution is 2.48. The van der Waals surface area contributed by atoms with Gasteiger partial charge in [0.2, 0.25) is 0 Å². The van der Waals surface area contributed by atoms with Gasteiger partial charge in [-0.1, -0.05) is 17.8 Å². The molecule has 4 heterocycles. The first-order valence-corrected chi connectivity index (χ1v) is 11.6. The largest absolute Gasteiger partial charge is 0.490 e. The van der Waals surface area contributed by atoms with Crippen molar-refractivity contribution in [1.82, 2.24) is 15.4 Å². The number of aromatic nitrogens is 1. The number of nitrogens with zero attached hydrogens (tertiary/aromatic N) is 3. The number of hydroxylamine groups is 2. The maximum atomic E-state index is 12.8. The van der Waals surface area contributed by atoms with Crippen molar-refractivity contribution in [3.8, 4) is 5.75 Å². The summed E-state index contributed by atoms with van der Waals surface area (Å²) in [5.41, 5.74) is 2.48. The highest BCUT2D eigenvalue weighted by atomic mass is 32.2. The average molecular weight is 468 g/mol. The molecule has 0 spiro atoms. The standard InChI is InChI=1S/C23H25N5O4S/c1-14-5-4-6-19(24-14)25-15-7-8-18-16(11-15)27(9-10-31-18)22-28(32-13-29)17-12-23(2,3)26-21(30)20(17)33-22/h4-8,11,13,22H,9-10,12H2,1-3H3,(H,24,25)(H,26,30). The molecule has 0 saturated carbocycles. The fourth-order valence-electron chi connectivity index (χ4n) is 4.28. The molecule has 10 heteroatoms. The van der Waals surface area contributed by atoms with Gasteiger partial charge in [0.25, 0.3) is 5.91 Å². The molecule has 1 amide bonds. The summed E-state index contributed by atoms with van der Waals surface area (Å²) in [6.07, 6.45) is 0.559. The normalized spacial score (nSPS) is 21.1. The Morgan fingerprint density at radius 3 is 2.97 bits per heavy atom. The number of amides is 1. The van der Waals surface area contributed by atoms with E-state index >= 15 is 0 Å². The minimum atomic E-state index is -0.434.